The molecule has 3 N–H and O–H groups in total. The molecule has 0 fully saturated rings. The summed E-state index contributed by atoms with van der Waals surface area (Å²) in [5.41, 5.74) is 5.81. The van der Waals surface area contributed by atoms with E-state index in [0.717, 1.165) is 11.8 Å². The van der Waals surface area contributed by atoms with Gasteiger partial charge in [0.1, 0.15) is 5.69 Å². The zero-order valence-electron chi connectivity index (χ0n) is 11.0. The van der Waals surface area contributed by atoms with Gasteiger partial charge >= 0.3 is 0 Å². The predicted octanol–water partition coefficient (Wildman–Crippen LogP) is 1.49. The third-order valence-electron chi connectivity index (χ3n) is 2.92. The lowest BCUT2D eigenvalue weighted by molar-refractivity contribution is -0.383. The molecule has 0 bridgehead atoms. The van der Waals surface area contributed by atoms with Crippen LogP contribution < -0.4 is 11.1 Å². The molecule has 0 aliphatic carbocycles. The van der Waals surface area contributed by atoms with Crippen molar-refractivity contribution in [2.24, 2.45) is 7.05 Å². The molecule has 2 rings (SSSR count). The standard InChI is InChI=1S/C12H12ClN5O3/c1-17-8(2-3-16-17)6-15-12(19)7-4-9(13)11(14)10(5-7)18(20)21/h2-5H,6,14H2,1H3,(H,15,19). The van der Waals surface area contributed by atoms with Crippen molar-refractivity contribution in [3.05, 3.63) is 50.8 Å². The molecule has 0 unspecified atom stereocenters. The average Bonchev–Trinajstić information content (AvgIpc) is 2.84. The lowest BCUT2D eigenvalue weighted by Gasteiger charge is -2.07. The third-order valence-corrected chi connectivity index (χ3v) is 3.23. The molecule has 110 valence electrons. The zero-order valence-corrected chi connectivity index (χ0v) is 11.8. The Morgan fingerprint density at radius 1 is 1.57 bits per heavy atom. The van der Waals surface area contributed by atoms with Gasteiger partial charge in [0.15, 0.2) is 0 Å². The van der Waals surface area contributed by atoms with Gasteiger partial charge in [-0.25, -0.2) is 0 Å². The van der Waals surface area contributed by atoms with Gasteiger partial charge in [-0.3, -0.25) is 19.6 Å². The Kier molecular flexibility index (Phi) is 4.08. The van der Waals surface area contributed by atoms with E-state index >= 15 is 0 Å². The number of halogens is 1. The quantitative estimate of drug-likeness (QED) is 0.504. The van der Waals surface area contributed by atoms with Crippen LogP contribution in [-0.4, -0.2) is 20.6 Å². The molecule has 0 aliphatic heterocycles. The van der Waals surface area contributed by atoms with Crippen molar-refractivity contribution < 1.29 is 9.72 Å². The summed E-state index contributed by atoms with van der Waals surface area (Å²) in [5.74, 6) is -0.485. The number of nitrogens with two attached hydrogens (primary N) is 1. The lowest BCUT2D eigenvalue weighted by atomic mass is 10.1. The van der Waals surface area contributed by atoms with Gasteiger partial charge in [-0.1, -0.05) is 11.6 Å². The summed E-state index contributed by atoms with van der Waals surface area (Å²) in [6.07, 6.45) is 1.60. The minimum absolute atomic E-state index is 0.0325. The van der Waals surface area contributed by atoms with E-state index in [-0.39, 0.29) is 22.8 Å². The molecule has 0 atom stereocenters. The summed E-state index contributed by atoms with van der Waals surface area (Å²) in [5, 5.41) is 17.4. The fourth-order valence-corrected chi connectivity index (χ4v) is 1.95. The van der Waals surface area contributed by atoms with Gasteiger partial charge in [-0.15, -0.1) is 0 Å². The molecule has 1 heterocycles. The van der Waals surface area contributed by atoms with Crippen molar-refractivity contribution in [1.29, 1.82) is 0 Å². The number of benzene rings is 1. The zero-order chi connectivity index (χ0) is 15.6. The maximum Gasteiger partial charge on any atom is 0.294 e. The Morgan fingerprint density at radius 3 is 2.86 bits per heavy atom. The highest BCUT2D eigenvalue weighted by atomic mass is 35.5. The highest BCUT2D eigenvalue weighted by Crippen LogP contribution is 2.30. The maximum absolute atomic E-state index is 12.0. The second-order valence-corrected chi connectivity index (χ2v) is 4.68. The number of nitro groups is 1. The number of hydrogen-bond donors (Lipinski definition) is 2. The van der Waals surface area contributed by atoms with Crippen LogP contribution in [0.5, 0.6) is 0 Å². The van der Waals surface area contributed by atoms with E-state index in [0.29, 0.717) is 0 Å². The van der Waals surface area contributed by atoms with E-state index in [1.165, 1.54) is 6.07 Å². The highest BCUT2D eigenvalue weighted by molar-refractivity contribution is 6.34. The Bertz CT molecular complexity index is 713. The molecule has 0 saturated carbocycles. The van der Waals surface area contributed by atoms with Gasteiger partial charge < -0.3 is 11.1 Å². The predicted molar refractivity (Wildman–Crippen MR) is 76.9 cm³/mol. The molecule has 1 aromatic heterocycles. The van der Waals surface area contributed by atoms with Crippen LogP contribution in [0.4, 0.5) is 11.4 Å². The second kappa shape index (κ2) is 5.80. The molecule has 9 heteroatoms. The third kappa shape index (κ3) is 3.11. The Morgan fingerprint density at radius 2 is 2.29 bits per heavy atom. The number of nitrogen functional groups attached to an aromatic ring is 1. The maximum atomic E-state index is 12.0. The largest absolute Gasteiger partial charge is 0.392 e. The fourth-order valence-electron chi connectivity index (χ4n) is 1.73. The molecule has 1 amide bonds. The van der Waals surface area contributed by atoms with Gasteiger partial charge in [0, 0.05) is 24.9 Å². The van der Waals surface area contributed by atoms with Gasteiger partial charge in [-0.2, -0.15) is 5.10 Å². The average molecular weight is 310 g/mol. The van der Waals surface area contributed by atoms with Crippen molar-refractivity contribution in [3.63, 3.8) is 0 Å². The van der Waals surface area contributed by atoms with Crippen molar-refractivity contribution in [1.82, 2.24) is 15.1 Å². The molecule has 8 nitrogen and oxygen atoms in total. The number of rotatable bonds is 4. The van der Waals surface area contributed by atoms with Crippen LogP contribution >= 0.6 is 11.6 Å². The summed E-state index contributed by atoms with van der Waals surface area (Å²) in [7, 11) is 1.74. The summed E-state index contributed by atoms with van der Waals surface area (Å²) >= 11 is 5.81. The highest BCUT2D eigenvalue weighted by Gasteiger charge is 2.19. The first-order valence-electron chi connectivity index (χ1n) is 5.88. The summed E-state index contributed by atoms with van der Waals surface area (Å²) < 4.78 is 1.61. The van der Waals surface area contributed by atoms with Crippen LogP contribution in [-0.2, 0) is 13.6 Å². The summed E-state index contributed by atoms with van der Waals surface area (Å²) in [6, 6.07) is 4.14. The topological polar surface area (TPSA) is 116 Å². The normalized spacial score (nSPS) is 10.4. The van der Waals surface area contributed by atoms with Crippen LogP contribution in [0, 0.1) is 10.1 Å². The molecule has 0 aliphatic rings. The molecular formula is C12H12ClN5O3. The minimum Gasteiger partial charge on any atom is -0.392 e. The molecule has 0 spiro atoms. The number of nitrogens with zero attached hydrogens (tertiary/aromatic N) is 3. The minimum atomic E-state index is -0.681. The number of aryl methyl sites for hydroxylation is 1. The number of hydrogen-bond acceptors (Lipinski definition) is 5. The Hall–Kier alpha value is -2.61. The van der Waals surface area contributed by atoms with E-state index < -0.39 is 16.5 Å². The van der Waals surface area contributed by atoms with Gasteiger partial charge in [0.2, 0.25) is 0 Å². The Balaban J connectivity index is 2.20. The van der Waals surface area contributed by atoms with E-state index in [1.54, 1.807) is 24.0 Å². The van der Waals surface area contributed by atoms with Crippen molar-refractivity contribution in [2.75, 3.05) is 5.73 Å². The lowest BCUT2D eigenvalue weighted by Crippen LogP contribution is -2.24. The number of amides is 1. The van der Waals surface area contributed by atoms with E-state index in [1.807, 2.05) is 0 Å². The summed E-state index contributed by atoms with van der Waals surface area (Å²) in [6.45, 7) is 0.241. The van der Waals surface area contributed by atoms with Crippen molar-refractivity contribution >= 4 is 28.9 Å². The number of anilines is 1. The van der Waals surface area contributed by atoms with Crippen LogP contribution in [0.2, 0.25) is 5.02 Å². The molecule has 0 saturated heterocycles. The molecular weight excluding hydrogens is 298 g/mol. The van der Waals surface area contributed by atoms with Crippen LogP contribution in [0.1, 0.15) is 16.1 Å². The van der Waals surface area contributed by atoms with Gasteiger partial charge in [-0.05, 0) is 12.1 Å². The van der Waals surface area contributed by atoms with E-state index in [9.17, 15) is 14.9 Å². The number of carbonyl (C=O) groups is 1. The van der Waals surface area contributed by atoms with Crippen LogP contribution in [0.15, 0.2) is 24.4 Å². The molecule has 21 heavy (non-hydrogen) atoms. The van der Waals surface area contributed by atoms with E-state index in [2.05, 4.69) is 10.4 Å². The monoisotopic (exact) mass is 309 g/mol. The second-order valence-electron chi connectivity index (χ2n) is 4.28. The van der Waals surface area contributed by atoms with Crippen molar-refractivity contribution in [2.45, 2.75) is 6.54 Å². The first-order chi connectivity index (χ1) is 9.90. The summed E-state index contributed by atoms with van der Waals surface area (Å²) in [4.78, 5) is 22.2. The number of aromatic nitrogens is 2. The number of nitro benzene ring substituents is 1. The fraction of sp³-hybridized carbons (Fsp3) is 0.167. The first kappa shape index (κ1) is 14.8. The van der Waals surface area contributed by atoms with Gasteiger partial charge in [0.05, 0.1) is 22.2 Å². The number of carbonyl (C=O) groups excluding carboxylic acids is 1. The van der Waals surface area contributed by atoms with Crippen molar-refractivity contribution in [3.8, 4) is 0 Å². The SMILES string of the molecule is Cn1nccc1CNC(=O)c1cc(Cl)c(N)c([N+](=O)[O-])c1. The van der Waals surface area contributed by atoms with Crippen LogP contribution in [0.3, 0.4) is 0 Å². The number of nitrogens with one attached hydrogen (secondary N) is 1. The smallest absolute Gasteiger partial charge is 0.294 e. The van der Waals surface area contributed by atoms with E-state index in [4.69, 9.17) is 17.3 Å². The first-order valence-corrected chi connectivity index (χ1v) is 6.26. The Labute approximate surface area is 124 Å². The molecule has 1 aromatic carbocycles. The van der Waals surface area contributed by atoms with Gasteiger partial charge in [0.25, 0.3) is 11.6 Å². The molecule has 0 radical (unpaired) electrons. The van der Waals surface area contributed by atoms with Crippen LogP contribution in [0.25, 0.3) is 0 Å². The molecule has 2 aromatic rings.